The van der Waals surface area contributed by atoms with Gasteiger partial charge >= 0.3 is 5.97 Å². The number of carbonyl (C=O) groups is 1. The number of esters is 1. The summed E-state index contributed by atoms with van der Waals surface area (Å²) in [4.78, 5) is 13.1. The van der Waals surface area contributed by atoms with Crippen molar-refractivity contribution in [2.75, 3.05) is 7.11 Å². The van der Waals surface area contributed by atoms with Crippen LogP contribution in [0.3, 0.4) is 0 Å². The highest BCUT2D eigenvalue weighted by atomic mass is 32.1. The fourth-order valence-corrected chi connectivity index (χ4v) is 2.99. The van der Waals surface area contributed by atoms with Crippen molar-refractivity contribution in [1.82, 2.24) is 0 Å². The molecule has 2 rings (SSSR count). The molecule has 94 valence electrons. The number of phenolic OH excluding ortho intramolecular Hbond substituents is 1. The number of aromatic hydroxyl groups is 1. The summed E-state index contributed by atoms with van der Waals surface area (Å²) in [7, 11) is 1.37. The molecule has 0 aliphatic rings. The normalized spacial score (nSPS) is 10.4. The highest BCUT2D eigenvalue weighted by molar-refractivity contribution is 7.17. The fraction of sp³-hybridized carbons (Fsp3) is 0.214. The van der Waals surface area contributed by atoms with Crippen molar-refractivity contribution in [2.45, 2.75) is 13.8 Å². The fourth-order valence-electron chi connectivity index (χ4n) is 1.82. The van der Waals surface area contributed by atoms with Gasteiger partial charge in [0.25, 0.3) is 0 Å². The van der Waals surface area contributed by atoms with Gasteiger partial charge in [-0.05, 0) is 42.7 Å². The first-order chi connectivity index (χ1) is 8.54. The van der Waals surface area contributed by atoms with E-state index in [2.05, 4.69) is 0 Å². The maximum atomic E-state index is 11.5. The SMILES string of the molecule is COC(=O)c1cc(C)c(-c2cccc(O)c2C)s1. The molecule has 0 aliphatic heterocycles. The Morgan fingerprint density at radius 1 is 1.33 bits per heavy atom. The van der Waals surface area contributed by atoms with E-state index >= 15 is 0 Å². The standard InChI is InChI=1S/C14H14O3S/c1-8-7-12(14(16)17-3)18-13(8)10-5-4-6-11(15)9(10)2/h4-7,15H,1-3H3. The van der Waals surface area contributed by atoms with Gasteiger partial charge in [-0.1, -0.05) is 12.1 Å². The molecule has 1 aromatic carbocycles. The second kappa shape index (κ2) is 4.82. The van der Waals surface area contributed by atoms with Crippen LogP contribution in [0.25, 0.3) is 10.4 Å². The Balaban J connectivity index is 2.54. The number of thiophene rings is 1. The van der Waals surface area contributed by atoms with Crippen molar-refractivity contribution in [2.24, 2.45) is 0 Å². The molecule has 3 nitrogen and oxygen atoms in total. The molecule has 0 aliphatic carbocycles. The lowest BCUT2D eigenvalue weighted by Gasteiger charge is -2.06. The van der Waals surface area contributed by atoms with Crippen LogP contribution in [0.2, 0.25) is 0 Å². The van der Waals surface area contributed by atoms with E-state index in [1.807, 2.05) is 26.0 Å². The topological polar surface area (TPSA) is 46.5 Å². The average molecular weight is 262 g/mol. The van der Waals surface area contributed by atoms with Gasteiger partial charge in [-0.2, -0.15) is 0 Å². The molecule has 0 amide bonds. The van der Waals surface area contributed by atoms with Gasteiger partial charge in [0.05, 0.1) is 7.11 Å². The summed E-state index contributed by atoms with van der Waals surface area (Å²) < 4.78 is 4.72. The van der Waals surface area contributed by atoms with Crippen LogP contribution in [0.4, 0.5) is 0 Å². The summed E-state index contributed by atoms with van der Waals surface area (Å²) in [5, 5.41) is 9.73. The number of phenols is 1. The quantitative estimate of drug-likeness (QED) is 0.842. The monoisotopic (exact) mass is 262 g/mol. The third kappa shape index (κ3) is 2.11. The number of rotatable bonds is 2. The summed E-state index contributed by atoms with van der Waals surface area (Å²) in [6, 6.07) is 7.21. The van der Waals surface area contributed by atoms with Crippen LogP contribution >= 0.6 is 11.3 Å². The molecule has 18 heavy (non-hydrogen) atoms. The minimum absolute atomic E-state index is 0.264. The summed E-state index contributed by atoms with van der Waals surface area (Å²) in [5.41, 5.74) is 2.78. The highest BCUT2D eigenvalue weighted by Crippen LogP contribution is 2.37. The van der Waals surface area contributed by atoms with Gasteiger partial charge in [0.15, 0.2) is 0 Å². The average Bonchev–Trinajstić information content (AvgIpc) is 2.74. The molecule has 0 spiro atoms. The number of methoxy groups -OCH3 is 1. The molecule has 4 heteroatoms. The van der Waals surface area contributed by atoms with Crippen LogP contribution < -0.4 is 0 Å². The van der Waals surface area contributed by atoms with Crippen molar-refractivity contribution in [3.63, 3.8) is 0 Å². The molecule has 1 aromatic heterocycles. The minimum atomic E-state index is -0.327. The van der Waals surface area contributed by atoms with Crippen molar-refractivity contribution >= 4 is 17.3 Å². The zero-order valence-corrected chi connectivity index (χ0v) is 11.3. The molecule has 0 unspecified atom stereocenters. The lowest BCUT2D eigenvalue weighted by molar-refractivity contribution is 0.0606. The number of carbonyl (C=O) groups excluding carboxylic acids is 1. The molecular weight excluding hydrogens is 248 g/mol. The Labute approximate surface area is 110 Å². The Hall–Kier alpha value is -1.81. The first kappa shape index (κ1) is 12.6. The number of hydrogen-bond acceptors (Lipinski definition) is 4. The first-order valence-electron chi connectivity index (χ1n) is 5.52. The second-order valence-corrected chi connectivity index (χ2v) is 5.12. The van der Waals surface area contributed by atoms with E-state index in [9.17, 15) is 9.90 Å². The van der Waals surface area contributed by atoms with Crippen LogP contribution in [0, 0.1) is 13.8 Å². The van der Waals surface area contributed by atoms with E-state index < -0.39 is 0 Å². The number of hydrogen-bond donors (Lipinski definition) is 1. The predicted molar refractivity (Wildman–Crippen MR) is 72.2 cm³/mol. The lowest BCUT2D eigenvalue weighted by Crippen LogP contribution is -1.96. The number of ether oxygens (including phenoxy) is 1. The van der Waals surface area contributed by atoms with E-state index in [0.717, 1.165) is 21.6 Å². The number of aryl methyl sites for hydroxylation is 1. The van der Waals surface area contributed by atoms with Crippen LogP contribution in [-0.2, 0) is 4.74 Å². The van der Waals surface area contributed by atoms with E-state index in [1.54, 1.807) is 12.1 Å². The maximum Gasteiger partial charge on any atom is 0.348 e. The van der Waals surface area contributed by atoms with Gasteiger partial charge in [0.2, 0.25) is 0 Å². The van der Waals surface area contributed by atoms with Crippen molar-refractivity contribution in [1.29, 1.82) is 0 Å². The van der Waals surface area contributed by atoms with Gasteiger partial charge in [0.1, 0.15) is 10.6 Å². The van der Waals surface area contributed by atoms with Gasteiger partial charge < -0.3 is 9.84 Å². The molecule has 0 atom stereocenters. The summed E-state index contributed by atoms with van der Waals surface area (Å²) in [6.45, 7) is 3.81. The van der Waals surface area contributed by atoms with E-state index in [0.29, 0.717) is 4.88 Å². The molecule has 0 saturated heterocycles. The van der Waals surface area contributed by atoms with E-state index in [4.69, 9.17) is 4.74 Å². The molecule has 1 N–H and O–H groups in total. The summed E-state index contributed by atoms with van der Waals surface area (Å²) in [5.74, 6) is -0.0629. The zero-order valence-electron chi connectivity index (χ0n) is 10.5. The Morgan fingerprint density at radius 2 is 2.06 bits per heavy atom. The van der Waals surface area contributed by atoms with Gasteiger partial charge in [-0.3, -0.25) is 0 Å². The molecular formula is C14H14O3S. The van der Waals surface area contributed by atoms with Gasteiger partial charge in [-0.15, -0.1) is 11.3 Å². The smallest absolute Gasteiger partial charge is 0.348 e. The molecule has 1 heterocycles. The maximum absolute atomic E-state index is 11.5. The Bertz CT molecular complexity index is 599. The van der Waals surface area contributed by atoms with Crippen molar-refractivity contribution in [3.8, 4) is 16.2 Å². The van der Waals surface area contributed by atoms with E-state index in [1.165, 1.54) is 18.4 Å². The Morgan fingerprint density at radius 3 is 2.72 bits per heavy atom. The van der Waals surface area contributed by atoms with Crippen LogP contribution in [0.1, 0.15) is 20.8 Å². The van der Waals surface area contributed by atoms with Gasteiger partial charge in [0, 0.05) is 4.88 Å². The zero-order chi connectivity index (χ0) is 13.3. The largest absolute Gasteiger partial charge is 0.508 e. The molecule has 0 radical (unpaired) electrons. The highest BCUT2D eigenvalue weighted by Gasteiger charge is 2.15. The third-order valence-electron chi connectivity index (χ3n) is 2.85. The van der Waals surface area contributed by atoms with Crippen LogP contribution in [-0.4, -0.2) is 18.2 Å². The number of benzene rings is 1. The van der Waals surface area contributed by atoms with Gasteiger partial charge in [-0.25, -0.2) is 4.79 Å². The summed E-state index contributed by atoms with van der Waals surface area (Å²) >= 11 is 1.38. The lowest BCUT2D eigenvalue weighted by atomic mass is 10.0. The molecule has 0 saturated carbocycles. The van der Waals surface area contributed by atoms with Crippen molar-refractivity contribution < 1.29 is 14.6 Å². The van der Waals surface area contributed by atoms with Crippen LogP contribution in [0.15, 0.2) is 24.3 Å². The molecule has 2 aromatic rings. The van der Waals surface area contributed by atoms with Crippen molar-refractivity contribution in [3.05, 3.63) is 40.3 Å². The van der Waals surface area contributed by atoms with E-state index in [-0.39, 0.29) is 11.7 Å². The predicted octanol–water partition coefficient (Wildman–Crippen LogP) is 3.52. The summed E-state index contributed by atoms with van der Waals surface area (Å²) in [6.07, 6.45) is 0. The second-order valence-electron chi connectivity index (χ2n) is 4.06. The minimum Gasteiger partial charge on any atom is -0.508 e. The van der Waals surface area contributed by atoms with Crippen LogP contribution in [0.5, 0.6) is 5.75 Å². The Kier molecular flexibility index (Phi) is 3.39. The molecule has 0 bridgehead atoms. The molecule has 0 fully saturated rings. The third-order valence-corrected chi connectivity index (χ3v) is 4.10. The first-order valence-corrected chi connectivity index (χ1v) is 6.34.